The standard InChI is InChI=1S/C14H20F3N3O/c1-19-13(12(18)21,11-6-4-3-5-7-11)10-20(2)9-8-14(15,16)17/h3-7,19H,8-10H2,1-2H3,(H2,18,21). The molecule has 4 nitrogen and oxygen atoms in total. The van der Waals surface area contributed by atoms with Crippen molar-refractivity contribution in [3.8, 4) is 0 Å². The van der Waals surface area contributed by atoms with E-state index in [9.17, 15) is 18.0 Å². The molecule has 21 heavy (non-hydrogen) atoms. The zero-order chi connectivity index (χ0) is 16.1. The average molecular weight is 303 g/mol. The molecule has 0 spiro atoms. The molecular formula is C14H20F3N3O. The van der Waals surface area contributed by atoms with Gasteiger partial charge in [-0.25, -0.2) is 0 Å². The van der Waals surface area contributed by atoms with Gasteiger partial charge in [0.1, 0.15) is 5.54 Å². The van der Waals surface area contributed by atoms with Gasteiger partial charge >= 0.3 is 6.18 Å². The second kappa shape index (κ2) is 6.91. The lowest BCUT2D eigenvalue weighted by molar-refractivity contribution is -0.138. The molecule has 1 atom stereocenters. The first-order chi connectivity index (χ1) is 9.71. The Labute approximate surface area is 122 Å². The quantitative estimate of drug-likeness (QED) is 0.802. The van der Waals surface area contributed by atoms with E-state index in [1.807, 2.05) is 0 Å². The van der Waals surface area contributed by atoms with E-state index in [-0.39, 0.29) is 13.1 Å². The molecule has 0 saturated heterocycles. The Kier molecular flexibility index (Phi) is 5.74. The topological polar surface area (TPSA) is 58.4 Å². The second-order valence-electron chi connectivity index (χ2n) is 4.99. The molecule has 1 unspecified atom stereocenters. The molecule has 1 rings (SSSR count). The van der Waals surface area contributed by atoms with Gasteiger partial charge in [0, 0.05) is 13.1 Å². The number of rotatable bonds is 7. The highest BCUT2D eigenvalue weighted by Gasteiger charge is 2.38. The minimum Gasteiger partial charge on any atom is -0.368 e. The third-order valence-corrected chi connectivity index (χ3v) is 3.40. The summed E-state index contributed by atoms with van der Waals surface area (Å²) in [4.78, 5) is 13.3. The molecule has 0 fully saturated rings. The molecule has 1 aromatic carbocycles. The van der Waals surface area contributed by atoms with Gasteiger partial charge in [0.15, 0.2) is 0 Å². The van der Waals surface area contributed by atoms with Crippen LogP contribution in [0.5, 0.6) is 0 Å². The summed E-state index contributed by atoms with van der Waals surface area (Å²) in [5, 5.41) is 2.86. The Balaban J connectivity index is 2.92. The zero-order valence-electron chi connectivity index (χ0n) is 12.1. The van der Waals surface area contributed by atoms with Gasteiger partial charge < -0.3 is 16.0 Å². The maximum absolute atomic E-state index is 12.3. The number of primary amides is 1. The van der Waals surface area contributed by atoms with Crippen molar-refractivity contribution in [2.45, 2.75) is 18.1 Å². The predicted octanol–water partition coefficient (Wildman–Crippen LogP) is 1.47. The first kappa shape index (κ1) is 17.5. The van der Waals surface area contributed by atoms with Gasteiger partial charge in [0.25, 0.3) is 0 Å². The van der Waals surface area contributed by atoms with Crippen LogP contribution in [0.1, 0.15) is 12.0 Å². The summed E-state index contributed by atoms with van der Waals surface area (Å²) < 4.78 is 36.8. The Morgan fingerprint density at radius 2 is 1.86 bits per heavy atom. The smallest absolute Gasteiger partial charge is 0.368 e. The van der Waals surface area contributed by atoms with Crippen molar-refractivity contribution in [2.75, 3.05) is 27.2 Å². The molecule has 0 aromatic heterocycles. The van der Waals surface area contributed by atoms with Crippen molar-refractivity contribution in [1.82, 2.24) is 10.2 Å². The van der Waals surface area contributed by atoms with Crippen molar-refractivity contribution in [2.24, 2.45) is 5.73 Å². The highest BCUT2D eigenvalue weighted by atomic mass is 19.4. The Bertz CT molecular complexity index is 464. The highest BCUT2D eigenvalue weighted by molar-refractivity contribution is 5.86. The molecule has 0 saturated carbocycles. The van der Waals surface area contributed by atoms with Gasteiger partial charge in [0.05, 0.1) is 6.42 Å². The van der Waals surface area contributed by atoms with Crippen LogP contribution in [-0.4, -0.2) is 44.2 Å². The monoisotopic (exact) mass is 303 g/mol. The van der Waals surface area contributed by atoms with Gasteiger partial charge in [-0.2, -0.15) is 13.2 Å². The van der Waals surface area contributed by atoms with Crippen LogP contribution < -0.4 is 11.1 Å². The van der Waals surface area contributed by atoms with E-state index in [1.165, 1.54) is 11.9 Å². The van der Waals surface area contributed by atoms with Gasteiger partial charge in [-0.15, -0.1) is 0 Å². The second-order valence-corrected chi connectivity index (χ2v) is 4.99. The van der Waals surface area contributed by atoms with Crippen molar-refractivity contribution in [3.63, 3.8) is 0 Å². The fourth-order valence-electron chi connectivity index (χ4n) is 2.18. The van der Waals surface area contributed by atoms with Gasteiger partial charge in [0.2, 0.25) is 5.91 Å². The maximum Gasteiger partial charge on any atom is 0.390 e. The number of carbonyl (C=O) groups is 1. The van der Waals surface area contributed by atoms with E-state index in [0.29, 0.717) is 5.56 Å². The molecule has 0 radical (unpaired) electrons. The van der Waals surface area contributed by atoms with Crippen molar-refractivity contribution >= 4 is 5.91 Å². The minimum absolute atomic E-state index is 0.0545. The lowest BCUT2D eigenvalue weighted by Gasteiger charge is -2.34. The van der Waals surface area contributed by atoms with E-state index in [2.05, 4.69) is 5.32 Å². The van der Waals surface area contributed by atoms with Gasteiger partial charge in [-0.1, -0.05) is 30.3 Å². The van der Waals surface area contributed by atoms with Crippen LogP contribution in [0.25, 0.3) is 0 Å². The minimum atomic E-state index is -4.23. The average Bonchev–Trinajstić information content (AvgIpc) is 2.42. The van der Waals surface area contributed by atoms with E-state index in [4.69, 9.17) is 5.73 Å². The first-order valence-electron chi connectivity index (χ1n) is 6.51. The first-order valence-corrected chi connectivity index (χ1v) is 6.51. The molecule has 0 aliphatic carbocycles. The molecule has 0 heterocycles. The van der Waals surface area contributed by atoms with E-state index >= 15 is 0 Å². The number of likely N-dealkylation sites (N-methyl/N-ethyl adjacent to an activating group) is 2. The van der Waals surface area contributed by atoms with E-state index in [0.717, 1.165) is 0 Å². The number of nitrogens with one attached hydrogen (secondary N) is 1. The van der Waals surface area contributed by atoms with Gasteiger partial charge in [-0.05, 0) is 19.7 Å². The molecule has 1 amide bonds. The van der Waals surface area contributed by atoms with Crippen LogP contribution in [0, 0.1) is 0 Å². The Hall–Kier alpha value is -1.60. The number of carbonyl (C=O) groups excluding carboxylic acids is 1. The fourth-order valence-corrected chi connectivity index (χ4v) is 2.18. The molecular weight excluding hydrogens is 283 g/mol. The number of benzene rings is 1. The SMILES string of the molecule is CNC(CN(C)CCC(F)(F)F)(C(N)=O)c1ccccc1. The summed E-state index contributed by atoms with van der Waals surface area (Å²) in [6.07, 6.45) is -5.16. The number of alkyl halides is 3. The van der Waals surface area contributed by atoms with Crippen LogP contribution in [0.2, 0.25) is 0 Å². The lowest BCUT2D eigenvalue weighted by atomic mass is 9.88. The summed E-state index contributed by atoms with van der Waals surface area (Å²) in [5.41, 5.74) is 4.90. The van der Waals surface area contributed by atoms with Crippen molar-refractivity contribution in [3.05, 3.63) is 35.9 Å². The summed E-state index contributed by atoms with van der Waals surface area (Å²) in [6, 6.07) is 8.73. The molecule has 0 aliphatic rings. The Morgan fingerprint density at radius 3 is 2.29 bits per heavy atom. The van der Waals surface area contributed by atoms with Crippen LogP contribution >= 0.6 is 0 Å². The molecule has 3 N–H and O–H groups in total. The van der Waals surface area contributed by atoms with E-state index in [1.54, 1.807) is 37.4 Å². The predicted molar refractivity (Wildman–Crippen MR) is 74.5 cm³/mol. The molecule has 7 heteroatoms. The van der Waals surface area contributed by atoms with Crippen molar-refractivity contribution < 1.29 is 18.0 Å². The molecule has 0 aliphatic heterocycles. The number of amides is 1. The van der Waals surface area contributed by atoms with Crippen LogP contribution in [0.4, 0.5) is 13.2 Å². The fraction of sp³-hybridized carbons (Fsp3) is 0.500. The van der Waals surface area contributed by atoms with E-state index < -0.39 is 24.0 Å². The maximum atomic E-state index is 12.3. The molecule has 118 valence electrons. The summed E-state index contributed by atoms with van der Waals surface area (Å²) >= 11 is 0. The summed E-state index contributed by atoms with van der Waals surface area (Å²) in [5.74, 6) is -0.630. The number of hydrogen-bond donors (Lipinski definition) is 2. The highest BCUT2D eigenvalue weighted by Crippen LogP contribution is 2.24. The van der Waals surface area contributed by atoms with Crippen LogP contribution in [0.15, 0.2) is 30.3 Å². The van der Waals surface area contributed by atoms with Crippen LogP contribution in [0.3, 0.4) is 0 Å². The summed E-state index contributed by atoms with van der Waals surface area (Å²) in [7, 11) is 3.10. The molecule has 0 bridgehead atoms. The molecule has 1 aromatic rings. The Morgan fingerprint density at radius 1 is 1.29 bits per heavy atom. The largest absolute Gasteiger partial charge is 0.390 e. The van der Waals surface area contributed by atoms with Gasteiger partial charge in [-0.3, -0.25) is 4.79 Å². The number of nitrogens with zero attached hydrogens (tertiary/aromatic N) is 1. The number of nitrogens with two attached hydrogens (primary N) is 1. The number of halogens is 3. The van der Waals surface area contributed by atoms with Crippen molar-refractivity contribution in [1.29, 1.82) is 0 Å². The number of hydrogen-bond acceptors (Lipinski definition) is 3. The normalized spacial score (nSPS) is 15.0. The van der Waals surface area contributed by atoms with Crippen LogP contribution in [-0.2, 0) is 10.3 Å². The third kappa shape index (κ3) is 4.71. The zero-order valence-corrected chi connectivity index (χ0v) is 12.1. The summed E-state index contributed by atoms with van der Waals surface area (Å²) in [6.45, 7) is -0.147. The lowest BCUT2D eigenvalue weighted by Crippen LogP contribution is -2.57. The third-order valence-electron chi connectivity index (χ3n) is 3.40.